The zero-order valence-electron chi connectivity index (χ0n) is 38.1. The van der Waals surface area contributed by atoms with Crippen LogP contribution in [0.25, 0.3) is 44.7 Å². The van der Waals surface area contributed by atoms with Crippen LogP contribution >= 0.6 is 0 Å². The SMILES string of the molecule is COC(=O)NC(C(=O)N1CCC[C@H]1c1ncc(-c2ccc(-c3ccc(-c4ccc5nc([C@@H]6CCCN6C(=O)[C@@H](NC(=O)OC)C(C)C)[nH]c5c4)c4c3C3CC5(C)CC4N35)nc2)[nH]1)C(C)C. The highest BCUT2D eigenvalue weighted by atomic mass is 16.5. The van der Waals surface area contributed by atoms with E-state index in [-0.39, 0.29) is 41.3 Å². The van der Waals surface area contributed by atoms with Crippen molar-refractivity contribution in [3.05, 3.63) is 77.6 Å². The van der Waals surface area contributed by atoms with Crippen molar-refractivity contribution in [1.82, 2.24) is 50.3 Å². The number of hydrogen-bond acceptors (Lipinski definition) is 10. The van der Waals surface area contributed by atoms with Crippen molar-refractivity contribution in [2.24, 2.45) is 11.8 Å². The fourth-order valence-corrected chi connectivity index (χ4v) is 11.5. The van der Waals surface area contributed by atoms with Gasteiger partial charge in [-0.25, -0.2) is 19.6 Å². The van der Waals surface area contributed by atoms with Crippen molar-refractivity contribution in [2.75, 3.05) is 27.3 Å². The lowest BCUT2D eigenvalue weighted by Crippen LogP contribution is -2.66. The van der Waals surface area contributed by atoms with Gasteiger partial charge in [-0.15, -0.1) is 0 Å². The normalized spacial score (nSPS) is 24.1. The van der Waals surface area contributed by atoms with Crippen molar-refractivity contribution in [3.63, 3.8) is 0 Å². The molecule has 0 spiro atoms. The smallest absolute Gasteiger partial charge is 0.407 e. The summed E-state index contributed by atoms with van der Waals surface area (Å²) in [7, 11) is 2.60. The van der Waals surface area contributed by atoms with Gasteiger partial charge in [0, 0.05) is 48.0 Å². The van der Waals surface area contributed by atoms with Crippen LogP contribution in [0.3, 0.4) is 0 Å². The molecular formula is C49H58N10O6. The Bertz CT molecular complexity index is 2690. The number of pyridine rings is 1. The number of fused-ring (bicyclic) bond motifs is 4. The molecule has 4 unspecified atom stereocenters. The number of methoxy groups -OCH3 is 2. The number of likely N-dealkylation sites (tertiary alicyclic amines) is 2. The van der Waals surface area contributed by atoms with Crippen LogP contribution < -0.4 is 10.6 Å². The Morgan fingerprint density at radius 3 is 1.86 bits per heavy atom. The van der Waals surface area contributed by atoms with Crippen molar-refractivity contribution in [1.29, 1.82) is 0 Å². The van der Waals surface area contributed by atoms with E-state index in [1.54, 1.807) is 0 Å². The molecule has 340 valence electrons. The fraction of sp³-hybridized carbons (Fsp3) is 0.490. The minimum absolute atomic E-state index is 0.112. The van der Waals surface area contributed by atoms with E-state index < -0.39 is 24.3 Å². The number of imidazole rings is 2. The molecule has 16 nitrogen and oxygen atoms in total. The molecule has 0 bridgehead atoms. The van der Waals surface area contributed by atoms with Gasteiger partial charge in [0.25, 0.3) is 0 Å². The second kappa shape index (κ2) is 16.3. The quantitative estimate of drug-likeness (QED) is 0.102. The topological polar surface area (TPSA) is 191 Å². The molecule has 2 aromatic carbocycles. The molecule has 5 aliphatic rings. The Hall–Kier alpha value is -6.29. The van der Waals surface area contributed by atoms with Crippen LogP contribution in [0, 0.1) is 11.8 Å². The highest BCUT2D eigenvalue weighted by Crippen LogP contribution is 2.71. The number of carbonyl (C=O) groups excluding carboxylic acids is 4. The lowest BCUT2D eigenvalue weighted by Gasteiger charge is -2.65. The average molecular weight is 883 g/mol. The van der Waals surface area contributed by atoms with Crippen molar-refractivity contribution < 1.29 is 28.7 Å². The molecule has 3 aromatic heterocycles. The van der Waals surface area contributed by atoms with E-state index in [4.69, 9.17) is 24.4 Å². The highest BCUT2D eigenvalue weighted by molar-refractivity contribution is 5.89. The molecule has 0 aliphatic carbocycles. The van der Waals surface area contributed by atoms with Crippen LogP contribution in [0.2, 0.25) is 0 Å². The second-order valence-corrected chi connectivity index (χ2v) is 19.4. The Labute approximate surface area is 378 Å². The molecule has 8 heterocycles. The molecule has 16 heteroatoms. The molecule has 7 atom stereocenters. The third kappa shape index (κ3) is 7.11. The maximum Gasteiger partial charge on any atom is 0.407 e. The summed E-state index contributed by atoms with van der Waals surface area (Å²) in [4.78, 5) is 80.0. The van der Waals surface area contributed by atoms with Crippen LogP contribution in [0.1, 0.15) is 120 Å². The second-order valence-electron chi connectivity index (χ2n) is 19.4. The number of H-pyrrole nitrogens is 2. The van der Waals surface area contributed by atoms with Gasteiger partial charge < -0.3 is 39.9 Å². The Morgan fingerprint density at radius 1 is 0.708 bits per heavy atom. The minimum atomic E-state index is -0.699. The third-order valence-corrected chi connectivity index (χ3v) is 14.8. The molecule has 5 aromatic rings. The van der Waals surface area contributed by atoms with Gasteiger partial charge in [0.2, 0.25) is 11.8 Å². The number of nitrogens with one attached hydrogen (secondary N) is 4. The maximum atomic E-state index is 13.8. The number of carbonyl (C=O) groups is 4. The average Bonchev–Trinajstić information content (AvgIpc) is 4.15. The molecule has 4 amide bonds. The maximum absolute atomic E-state index is 13.8. The van der Waals surface area contributed by atoms with Gasteiger partial charge in [-0.05, 0) is 104 Å². The van der Waals surface area contributed by atoms with Crippen LogP contribution in [-0.2, 0) is 19.1 Å². The first-order chi connectivity index (χ1) is 31.3. The molecule has 4 N–H and O–H groups in total. The first kappa shape index (κ1) is 42.6. The standard InChI is InChI=1S/C49H58N10O6/c1-25(2)41(55-47(62)64-6)45(60)57-18-8-10-35(57)43-51-24-34(54-43)28-13-16-31(50-23-28)30-15-14-29(39-37-21-49(5)22-38(40(30)39)59(37)49)27-12-17-32-33(20-27)53-44(52-32)36-11-9-19-58(36)46(61)42(26(3)4)56-48(63)65-7/h12-17,20,23-26,35-38,41-42H,8-11,18-19,21-22H2,1-7H3,(H,51,54)(H,52,53)(H,55,62)(H,56,63)/t35-,36-,37?,38?,41?,42-,49?/m0/s1. The number of piperidine rings is 1. The number of alkyl carbamates (subject to hydrolysis) is 2. The van der Waals surface area contributed by atoms with Crippen molar-refractivity contribution in [2.45, 2.75) is 115 Å². The molecule has 10 rings (SSSR count). The number of hydrogen-bond donors (Lipinski definition) is 4. The van der Waals surface area contributed by atoms with Crippen LogP contribution in [0.4, 0.5) is 9.59 Å². The number of rotatable bonds is 11. The number of amides is 4. The summed E-state index contributed by atoms with van der Waals surface area (Å²) in [5.41, 5.74) is 10.9. The molecule has 0 radical (unpaired) electrons. The summed E-state index contributed by atoms with van der Waals surface area (Å²) >= 11 is 0. The molecule has 5 aliphatic heterocycles. The predicted octanol–water partition coefficient (Wildman–Crippen LogP) is 7.73. The van der Waals surface area contributed by atoms with Gasteiger partial charge in [-0.3, -0.25) is 19.5 Å². The van der Waals surface area contributed by atoms with Gasteiger partial charge >= 0.3 is 12.2 Å². The fourth-order valence-electron chi connectivity index (χ4n) is 11.5. The zero-order valence-corrected chi connectivity index (χ0v) is 38.1. The monoisotopic (exact) mass is 882 g/mol. The van der Waals surface area contributed by atoms with E-state index in [2.05, 4.69) is 74.9 Å². The van der Waals surface area contributed by atoms with Gasteiger partial charge in [0.1, 0.15) is 23.7 Å². The minimum Gasteiger partial charge on any atom is -0.453 e. The summed E-state index contributed by atoms with van der Waals surface area (Å²) < 4.78 is 9.62. The van der Waals surface area contributed by atoms with E-state index in [1.165, 1.54) is 30.9 Å². The van der Waals surface area contributed by atoms with E-state index in [0.717, 1.165) is 83.5 Å². The van der Waals surface area contributed by atoms with E-state index >= 15 is 0 Å². The van der Waals surface area contributed by atoms with Crippen LogP contribution in [0.5, 0.6) is 0 Å². The Balaban J connectivity index is 0.909. The number of ether oxygens (including phenoxy) is 2. The first-order valence-electron chi connectivity index (χ1n) is 23.1. The van der Waals surface area contributed by atoms with E-state index in [9.17, 15) is 19.2 Å². The lowest BCUT2D eigenvalue weighted by molar-refractivity contribution is -0.177. The van der Waals surface area contributed by atoms with Gasteiger partial charge in [-0.2, -0.15) is 0 Å². The van der Waals surface area contributed by atoms with Gasteiger partial charge in [-0.1, -0.05) is 45.9 Å². The van der Waals surface area contributed by atoms with Crippen molar-refractivity contribution in [3.8, 4) is 33.6 Å². The van der Waals surface area contributed by atoms with E-state index in [0.29, 0.717) is 31.0 Å². The molecule has 4 saturated heterocycles. The Kier molecular flexibility index (Phi) is 10.7. The first-order valence-corrected chi connectivity index (χ1v) is 23.1. The predicted molar refractivity (Wildman–Crippen MR) is 243 cm³/mol. The summed E-state index contributed by atoms with van der Waals surface area (Å²) in [6, 6.07) is 13.9. The third-order valence-electron chi connectivity index (χ3n) is 14.8. The number of aromatic amines is 2. The molecule has 4 fully saturated rings. The van der Waals surface area contributed by atoms with Gasteiger partial charge in [0.15, 0.2) is 0 Å². The number of nitrogens with zero attached hydrogens (tertiary/aromatic N) is 6. The summed E-state index contributed by atoms with van der Waals surface area (Å²) in [5, 5.41) is 5.46. The van der Waals surface area contributed by atoms with Crippen LogP contribution in [0.15, 0.2) is 54.9 Å². The lowest BCUT2D eigenvalue weighted by atomic mass is 9.68. The number of aromatic nitrogens is 5. The summed E-state index contributed by atoms with van der Waals surface area (Å²) in [6.07, 6.45) is 7.95. The van der Waals surface area contributed by atoms with Crippen molar-refractivity contribution >= 4 is 35.0 Å². The van der Waals surface area contributed by atoms with Crippen LogP contribution in [-0.4, -0.2) is 109 Å². The molecule has 0 saturated carbocycles. The largest absolute Gasteiger partial charge is 0.453 e. The molecular weight excluding hydrogens is 825 g/mol. The highest BCUT2D eigenvalue weighted by Gasteiger charge is 2.66. The molecule has 65 heavy (non-hydrogen) atoms. The zero-order chi connectivity index (χ0) is 45.5. The summed E-state index contributed by atoms with van der Waals surface area (Å²) in [6.45, 7) is 11.2. The Morgan fingerprint density at radius 2 is 1.29 bits per heavy atom. The number of benzene rings is 2. The van der Waals surface area contributed by atoms with Gasteiger partial charge in [0.05, 0.1) is 54.9 Å². The van der Waals surface area contributed by atoms with E-state index in [1.807, 2.05) is 49.9 Å². The summed E-state index contributed by atoms with van der Waals surface area (Å²) in [5.74, 6) is 0.970.